The fourth-order valence-electron chi connectivity index (χ4n) is 2.26. The van der Waals surface area contributed by atoms with Gasteiger partial charge in [-0.15, -0.1) is 0 Å². The van der Waals surface area contributed by atoms with Gasteiger partial charge in [0.2, 0.25) is 5.78 Å². The van der Waals surface area contributed by atoms with E-state index in [1.807, 2.05) is 19.1 Å². The number of aryl methyl sites for hydroxylation is 1. The molecule has 2 rings (SSSR count). The number of ketones is 1. The SMILES string of the molecule is COc1cccc(C(=O)NCC(=O)O[C@H](C)C(=O)c2ccc(C)cc2)c1. The van der Waals surface area contributed by atoms with Crippen LogP contribution in [-0.2, 0) is 9.53 Å². The normalized spacial score (nSPS) is 11.3. The van der Waals surface area contributed by atoms with Crippen LogP contribution in [0.4, 0.5) is 0 Å². The lowest BCUT2D eigenvalue weighted by atomic mass is 10.1. The third-order valence-corrected chi connectivity index (χ3v) is 3.74. The Morgan fingerprint density at radius 1 is 1.04 bits per heavy atom. The molecule has 6 heteroatoms. The number of esters is 1. The summed E-state index contributed by atoms with van der Waals surface area (Å²) in [5.41, 5.74) is 1.86. The summed E-state index contributed by atoms with van der Waals surface area (Å²) in [7, 11) is 1.50. The number of benzene rings is 2. The second-order valence-electron chi connectivity index (χ2n) is 5.78. The van der Waals surface area contributed by atoms with Crippen LogP contribution in [-0.4, -0.2) is 37.4 Å². The Bertz CT molecular complexity index is 798. The number of hydrogen-bond donors (Lipinski definition) is 1. The van der Waals surface area contributed by atoms with Crippen LogP contribution in [0.3, 0.4) is 0 Å². The lowest BCUT2D eigenvalue weighted by Crippen LogP contribution is -2.34. The van der Waals surface area contributed by atoms with E-state index >= 15 is 0 Å². The first-order chi connectivity index (χ1) is 12.4. The summed E-state index contributed by atoms with van der Waals surface area (Å²) in [4.78, 5) is 36.2. The number of carbonyl (C=O) groups excluding carboxylic acids is 3. The molecule has 0 radical (unpaired) electrons. The minimum atomic E-state index is -0.932. The monoisotopic (exact) mass is 355 g/mol. The van der Waals surface area contributed by atoms with Gasteiger partial charge in [0, 0.05) is 11.1 Å². The molecule has 0 spiro atoms. The van der Waals surface area contributed by atoms with Crippen LogP contribution in [0, 0.1) is 6.92 Å². The smallest absolute Gasteiger partial charge is 0.326 e. The summed E-state index contributed by atoms with van der Waals surface area (Å²) in [6, 6.07) is 13.6. The number of amides is 1. The van der Waals surface area contributed by atoms with E-state index in [1.165, 1.54) is 14.0 Å². The maximum atomic E-state index is 12.2. The predicted octanol–water partition coefficient (Wildman–Crippen LogP) is 2.55. The Morgan fingerprint density at radius 3 is 2.38 bits per heavy atom. The minimum absolute atomic E-state index is 0.294. The molecule has 0 saturated heterocycles. The van der Waals surface area contributed by atoms with Crippen molar-refractivity contribution in [2.24, 2.45) is 0 Å². The molecule has 0 aromatic heterocycles. The number of carbonyl (C=O) groups is 3. The van der Waals surface area contributed by atoms with Crippen molar-refractivity contribution in [2.75, 3.05) is 13.7 Å². The van der Waals surface area contributed by atoms with E-state index in [2.05, 4.69) is 5.32 Å². The maximum Gasteiger partial charge on any atom is 0.326 e. The van der Waals surface area contributed by atoms with Crippen LogP contribution in [0.1, 0.15) is 33.2 Å². The van der Waals surface area contributed by atoms with E-state index < -0.39 is 18.0 Å². The summed E-state index contributed by atoms with van der Waals surface area (Å²) >= 11 is 0. The second-order valence-corrected chi connectivity index (χ2v) is 5.78. The Hall–Kier alpha value is -3.15. The highest BCUT2D eigenvalue weighted by molar-refractivity contribution is 6.00. The molecule has 1 amide bonds. The molecule has 0 fully saturated rings. The van der Waals surface area contributed by atoms with Crippen molar-refractivity contribution in [3.8, 4) is 5.75 Å². The zero-order valence-corrected chi connectivity index (χ0v) is 14.9. The van der Waals surface area contributed by atoms with Crippen LogP contribution in [0.15, 0.2) is 48.5 Å². The third kappa shape index (κ3) is 5.17. The van der Waals surface area contributed by atoms with Gasteiger partial charge in [-0.3, -0.25) is 14.4 Å². The second kappa shape index (κ2) is 8.80. The fourth-order valence-corrected chi connectivity index (χ4v) is 2.26. The van der Waals surface area contributed by atoms with Crippen LogP contribution >= 0.6 is 0 Å². The van der Waals surface area contributed by atoms with Crippen molar-refractivity contribution in [3.63, 3.8) is 0 Å². The number of ether oxygens (including phenoxy) is 2. The first-order valence-electron chi connectivity index (χ1n) is 8.13. The molecule has 0 unspecified atom stereocenters. The van der Waals surface area contributed by atoms with Gasteiger partial charge in [0.25, 0.3) is 5.91 Å². The molecule has 0 aliphatic heterocycles. The molecule has 0 saturated carbocycles. The molecule has 0 bridgehead atoms. The molecule has 26 heavy (non-hydrogen) atoms. The molecule has 6 nitrogen and oxygen atoms in total. The third-order valence-electron chi connectivity index (χ3n) is 3.74. The van der Waals surface area contributed by atoms with Gasteiger partial charge in [0.05, 0.1) is 7.11 Å². The fraction of sp³-hybridized carbons (Fsp3) is 0.250. The largest absolute Gasteiger partial charge is 0.497 e. The van der Waals surface area contributed by atoms with Crippen LogP contribution in [0.5, 0.6) is 5.75 Å². The Kier molecular flexibility index (Phi) is 6.49. The number of rotatable bonds is 7. The Morgan fingerprint density at radius 2 is 1.73 bits per heavy atom. The summed E-state index contributed by atoms with van der Waals surface area (Å²) in [5, 5.41) is 2.46. The van der Waals surface area contributed by atoms with Crippen molar-refractivity contribution in [3.05, 3.63) is 65.2 Å². The molecule has 136 valence electrons. The maximum absolute atomic E-state index is 12.2. The highest BCUT2D eigenvalue weighted by Gasteiger charge is 2.20. The number of Topliss-reactive ketones (excluding diaryl/α,β-unsaturated/α-hetero) is 1. The van der Waals surface area contributed by atoms with Gasteiger partial charge >= 0.3 is 5.97 Å². The van der Waals surface area contributed by atoms with Crippen molar-refractivity contribution in [1.29, 1.82) is 0 Å². The molecule has 0 aliphatic rings. The van der Waals surface area contributed by atoms with E-state index in [0.717, 1.165) is 5.56 Å². The van der Waals surface area contributed by atoms with E-state index in [-0.39, 0.29) is 12.3 Å². The molecular formula is C20H21NO5. The number of methoxy groups -OCH3 is 1. The van der Waals surface area contributed by atoms with Gasteiger partial charge in [-0.25, -0.2) is 0 Å². The summed E-state index contributed by atoms with van der Waals surface area (Å²) in [6.45, 7) is 3.09. The van der Waals surface area contributed by atoms with Crippen molar-refractivity contribution < 1.29 is 23.9 Å². The molecule has 2 aromatic carbocycles. The van der Waals surface area contributed by atoms with Crippen molar-refractivity contribution in [1.82, 2.24) is 5.32 Å². The standard InChI is InChI=1S/C20H21NO5/c1-13-7-9-15(10-8-13)19(23)14(2)26-18(22)12-21-20(24)16-5-4-6-17(11-16)25-3/h4-11,14H,12H2,1-3H3,(H,21,24)/t14-/m1/s1. The van der Waals surface area contributed by atoms with E-state index in [1.54, 1.807) is 36.4 Å². The molecular weight excluding hydrogens is 334 g/mol. The van der Waals surface area contributed by atoms with Gasteiger partial charge in [-0.2, -0.15) is 0 Å². The van der Waals surface area contributed by atoms with Crippen LogP contribution < -0.4 is 10.1 Å². The molecule has 2 aromatic rings. The van der Waals surface area contributed by atoms with Gasteiger partial charge in [-0.05, 0) is 32.0 Å². The highest BCUT2D eigenvalue weighted by atomic mass is 16.5. The predicted molar refractivity (Wildman–Crippen MR) is 96.4 cm³/mol. The van der Waals surface area contributed by atoms with Gasteiger partial charge in [-0.1, -0.05) is 35.9 Å². The quantitative estimate of drug-likeness (QED) is 0.610. The Balaban J connectivity index is 1.86. The van der Waals surface area contributed by atoms with E-state index in [0.29, 0.717) is 16.9 Å². The average molecular weight is 355 g/mol. The summed E-state index contributed by atoms with van der Waals surface area (Å²) in [5.74, 6) is -0.873. The molecule has 0 heterocycles. The van der Waals surface area contributed by atoms with E-state index in [9.17, 15) is 14.4 Å². The summed E-state index contributed by atoms with van der Waals surface area (Å²) < 4.78 is 10.1. The van der Waals surface area contributed by atoms with Gasteiger partial charge < -0.3 is 14.8 Å². The number of nitrogens with one attached hydrogen (secondary N) is 1. The van der Waals surface area contributed by atoms with Crippen LogP contribution in [0.25, 0.3) is 0 Å². The zero-order valence-electron chi connectivity index (χ0n) is 14.9. The summed E-state index contributed by atoms with van der Waals surface area (Å²) in [6.07, 6.45) is -0.932. The van der Waals surface area contributed by atoms with Crippen LogP contribution in [0.2, 0.25) is 0 Å². The average Bonchev–Trinajstić information content (AvgIpc) is 2.66. The highest BCUT2D eigenvalue weighted by Crippen LogP contribution is 2.12. The molecule has 1 atom stereocenters. The van der Waals surface area contributed by atoms with Crippen molar-refractivity contribution in [2.45, 2.75) is 20.0 Å². The van der Waals surface area contributed by atoms with Gasteiger partial charge in [0.1, 0.15) is 12.3 Å². The molecule has 1 N–H and O–H groups in total. The van der Waals surface area contributed by atoms with Crippen molar-refractivity contribution >= 4 is 17.7 Å². The lowest BCUT2D eigenvalue weighted by molar-refractivity contribution is -0.145. The topological polar surface area (TPSA) is 81.7 Å². The Labute approximate surface area is 152 Å². The lowest BCUT2D eigenvalue weighted by Gasteiger charge is -2.13. The first-order valence-corrected chi connectivity index (χ1v) is 8.13. The first kappa shape index (κ1) is 19.2. The zero-order chi connectivity index (χ0) is 19.1. The van der Waals surface area contributed by atoms with Gasteiger partial charge in [0.15, 0.2) is 6.10 Å². The number of hydrogen-bond acceptors (Lipinski definition) is 5. The van der Waals surface area contributed by atoms with E-state index in [4.69, 9.17) is 9.47 Å². The minimum Gasteiger partial charge on any atom is -0.497 e. The molecule has 0 aliphatic carbocycles.